The van der Waals surface area contributed by atoms with Crippen LogP contribution in [0, 0.1) is 0 Å². The Morgan fingerprint density at radius 1 is 1.05 bits per heavy atom. The van der Waals surface area contributed by atoms with E-state index >= 15 is 0 Å². The van der Waals surface area contributed by atoms with Crippen molar-refractivity contribution < 1.29 is 9.53 Å². The Morgan fingerprint density at radius 3 is 2.63 bits per heavy atom. The van der Waals surface area contributed by atoms with Gasteiger partial charge in [0.05, 0.1) is 23.8 Å². The molecule has 1 amide bonds. The number of nitrogens with two attached hydrogens (primary N) is 1. The largest absolute Gasteiger partial charge is 0.380 e. The van der Waals surface area contributed by atoms with E-state index in [9.17, 15) is 4.79 Å². The van der Waals surface area contributed by atoms with Gasteiger partial charge in [0.15, 0.2) is 5.65 Å². The first-order valence-corrected chi connectivity index (χ1v) is 14.0. The molecule has 38 heavy (non-hydrogen) atoms. The zero-order valence-corrected chi connectivity index (χ0v) is 22.6. The fourth-order valence-corrected chi connectivity index (χ4v) is 6.08. The minimum atomic E-state index is -0.764. The van der Waals surface area contributed by atoms with E-state index in [0.29, 0.717) is 13.2 Å². The highest BCUT2D eigenvalue weighted by atomic mass is 16.5. The molecule has 0 aliphatic carbocycles. The number of anilines is 2. The lowest BCUT2D eigenvalue weighted by Gasteiger charge is -2.41. The van der Waals surface area contributed by atoms with Crippen molar-refractivity contribution in [3.05, 3.63) is 53.7 Å². The first kappa shape index (κ1) is 25.1. The summed E-state index contributed by atoms with van der Waals surface area (Å²) in [5.41, 5.74) is 8.03. The van der Waals surface area contributed by atoms with Gasteiger partial charge in [-0.1, -0.05) is 30.3 Å². The van der Waals surface area contributed by atoms with Crippen LogP contribution in [-0.2, 0) is 14.9 Å². The molecular formula is C29H39N7O2. The van der Waals surface area contributed by atoms with E-state index in [0.717, 1.165) is 86.8 Å². The molecule has 0 spiro atoms. The number of piperidine rings is 1. The second-order valence-corrected chi connectivity index (χ2v) is 11.4. The summed E-state index contributed by atoms with van der Waals surface area (Å²) in [7, 11) is 2.11. The number of rotatable bonds is 2. The Labute approximate surface area is 224 Å². The van der Waals surface area contributed by atoms with E-state index in [2.05, 4.69) is 33.9 Å². The Bertz CT molecular complexity index is 1290. The number of nitrogens with zero attached hydrogens (tertiary/aromatic N) is 6. The van der Waals surface area contributed by atoms with Crippen LogP contribution < -0.4 is 15.5 Å². The van der Waals surface area contributed by atoms with Gasteiger partial charge in [-0.2, -0.15) is 9.61 Å². The normalized spacial score (nSPS) is 25.7. The zero-order chi connectivity index (χ0) is 26.3. The van der Waals surface area contributed by atoms with Crippen LogP contribution in [0.1, 0.15) is 56.3 Å². The highest BCUT2D eigenvalue weighted by Crippen LogP contribution is 2.37. The van der Waals surface area contributed by atoms with Crippen molar-refractivity contribution in [1.82, 2.24) is 19.5 Å². The molecule has 2 atom stereocenters. The Morgan fingerprint density at radius 2 is 1.84 bits per heavy atom. The molecule has 2 saturated heterocycles. The van der Waals surface area contributed by atoms with E-state index < -0.39 is 5.41 Å². The van der Waals surface area contributed by atoms with Crippen LogP contribution in [0.3, 0.4) is 0 Å². The SMILES string of the molecule is CN1CCCCOCC(C)(c2ccccc2)C(=O)N2CCCC[C@H]2c2cc3nc(N4CC(N)C4)cc1n3n2. The predicted octanol–water partition coefficient (Wildman–Crippen LogP) is 3.13. The van der Waals surface area contributed by atoms with Gasteiger partial charge in [-0.15, -0.1) is 0 Å². The smallest absolute Gasteiger partial charge is 0.235 e. The van der Waals surface area contributed by atoms with Gasteiger partial charge >= 0.3 is 0 Å². The highest BCUT2D eigenvalue weighted by molar-refractivity contribution is 5.88. The molecule has 5 heterocycles. The number of carbonyl (C=O) groups is 1. The van der Waals surface area contributed by atoms with Gasteiger partial charge in [0, 0.05) is 58.0 Å². The summed E-state index contributed by atoms with van der Waals surface area (Å²) in [4.78, 5) is 25.9. The Kier molecular flexibility index (Phi) is 6.74. The predicted molar refractivity (Wildman–Crippen MR) is 149 cm³/mol. The quantitative estimate of drug-likeness (QED) is 0.558. The Hall–Kier alpha value is -3.17. The molecule has 3 aromatic rings. The summed E-state index contributed by atoms with van der Waals surface area (Å²) in [6.07, 6.45) is 4.84. The molecule has 1 unspecified atom stereocenters. The van der Waals surface area contributed by atoms with Crippen LogP contribution in [0.25, 0.3) is 5.65 Å². The number of benzene rings is 1. The van der Waals surface area contributed by atoms with Crippen molar-refractivity contribution in [3.8, 4) is 0 Å². The molecule has 3 aliphatic rings. The minimum absolute atomic E-state index is 0.0925. The maximum absolute atomic E-state index is 14.4. The fourth-order valence-electron chi connectivity index (χ4n) is 6.08. The van der Waals surface area contributed by atoms with E-state index in [1.165, 1.54) is 0 Å². The van der Waals surface area contributed by atoms with Gasteiger partial charge in [0.2, 0.25) is 5.91 Å². The van der Waals surface area contributed by atoms with Crippen LogP contribution in [0.4, 0.5) is 11.6 Å². The number of amides is 1. The minimum Gasteiger partial charge on any atom is -0.380 e. The summed E-state index contributed by atoms with van der Waals surface area (Å²) < 4.78 is 8.18. The second-order valence-electron chi connectivity index (χ2n) is 11.4. The maximum Gasteiger partial charge on any atom is 0.235 e. The summed E-state index contributed by atoms with van der Waals surface area (Å²) in [5.74, 6) is 2.06. The third kappa shape index (κ3) is 4.52. The van der Waals surface area contributed by atoms with Gasteiger partial charge < -0.3 is 25.2 Å². The molecule has 202 valence electrons. The summed E-state index contributed by atoms with van der Waals surface area (Å²) >= 11 is 0. The molecule has 2 fully saturated rings. The van der Waals surface area contributed by atoms with Gasteiger partial charge in [-0.3, -0.25) is 4.79 Å². The van der Waals surface area contributed by atoms with Gasteiger partial charge in [0.25, 0.3) is 0 Å². The number of fused-ring (bicyclic) bond motifs is 3. The third-order valence-electron chi connectivity index (χ3n) is 8.45. The number of aromatic nitrogens is 3. The molecule has 2 bridgehead atoms. The summed E-state index contributed by atoms with van der Waals surface area (Å²) in [6.45, 7) is 6.25. The molecule has 2 aromatic heterocycles. The molecule has 1 aromatic carbocycles. The van der Waals surface area contributed by atoms with Gasteiger partial charge in [-0.25, -0.2) is 4.98 Å². The monoisotopic (exact) mass is 517 g/mol. The molecule has 2 N–H and O–H groups in total. The van der Waals surface area contributed by atoms with Crippen molar-refractivity contribution in [3.63, 3.8) is 0 Å². The molecular weight excluding hydrogens is 478 g/mol. The number of hydrogen-bond acceptors (Lipinski definition) is 7. The molecule has 6 rings (SSSR count). The van der Waals surface area contributed by atoms with E-state index in [1.54, 1.807) is 0 Å². The molecule has 0 saturated carbocycles. The van der Waals surface area contributed by atoms with E-state index in [4.69, 9.17) is 20.6 Å². The van der Waals surface area contributed by atoms with Crippen LogP contribution >= 0.6 is 0 Å². The van der Waals surface area contributed by atoms with Crippen LogP contribution in [0.5, 0.6) is 0 Å². The average Bonchev–Trinajstić information content (AvgIpc) is 3.36. The number of hydrogen-bond donors (Lipinski definition) is 1. The lowest BCUT2D eigenvalue weighted by Crippen LogP contribution is -2.56. The number of ether oxygens (including phenoxy) is 1. The van der Waals surface area contributed by atoms with Crippen LogP contribution in [-0.4, -0.2) is 77.9 Å². The van der Waals surface area contributed by atoms with Crippen molar-refractivity contribution in [2.24, 2.45) is 5.73 Å². The average molecular weight is 518 g/mol. The maximum atomic E-state index is 14.4. The van der Waals surface area contributed by atoms with E-state index in [1.807, 2.05) is 41.8 Å². The lowest BCUT2D eigenvalue weighted by molar-refractivity contribution is -0.143. The highest BCUT2D eigenvalue weighted by Gasteiger charge is 2.43. The topological polar surface area (TPSA) is 92.2 Å². The zero-order valence-electron chi connectivity index (χ0n) is 22.6. The second kappa shape index (κ2) is 10.2. The lowest BCUT2D eigenvalue weighted by atomic mass is 9.80. The molecule has 3 aliphatic heterocycles. The van der Waals surface area contributed by atoms with E-state index in [-0.39, 0.29) is 18.0 Å². The first-order valence-electron chi connectivity index (χ1n) is 14.0. The first-order chi connectivity index (χ1) is 18.4. The molecule has 9 heteroatoms. The van der Waals surface area contributed by atoms with Crippen LogP contribution in [0.15, 0.2) is 42.5 Å². The Balaban J connectivity index is 1.44. The van der Waals surface area contributed by atoms with Gasteiger partial charge in [0.1, 0.15) is 11.6 Å². The molecule has 9 nitrogen and oxygen atoms in total. The standard InChI is InChI=1S/C29H39N7O2/c1-29(21-10-4-3-5-11-21)20-38-15-9-8-13-33(2)27-17-25(34-18-22(30)19-34)31-26-16-23(32-36(26)27)24-12-6-7-14-35(24)28(29)37/h3-5,10-11,16-17,22,24H,6-9,12-15,18-20,30H2,1-2H3/t24-,29?/m0/s1. The molecule has 0 radical (unpaired) electrons. The summed E-state index contributed by atoms with van der Waals surface area (Å²) in [5, 5.41) is 5.10. The number of carbonyl (C=O) groups excluding carboxylic acids is 1. The fraction of sp³-hybridized carbons (Fsp3) is 0.552. The summed E-state index contributed by atoms with van der Waals surface area (Å²) in [6, 6.07) is 14.4. The van der Waals surface area contributed by atoms with Crippen LogP contribution in [0.2, 0.25) is 0 Å². The van der Waals surface area contributed by atoms with Gasteiger partial charge in [-0.05, 0) is 44.6 Å². The van der Waals surface area contributed by atoms with Crippen molar-refractivity contribution in [2.75, 3.05) is 56.2 Å². The third-order valence-corrected chi connectivity index (χ3v) is 8.45. The van der Waals surface area contributed by atoms with Crippen molar-refractivity contribution in [1.29, 1.82) is 0 Å². The van der Waals surface area contributed by atoms with Crippen molar-refractivity contribution in [2.45, 2.75) is 56.5 Å². The van der Waals surface area contributed by atoms with Crippen molar-refractivity contribution >= 4 is 23.2 Å².